The molecule has 7 heteroatoms. The van der Waals surface area contributed by atoms with Crippen LogP contribution in [0, 0.1) is 12.3 Å². The number of carbonyl (C=O) groups excluding carboxylic acids is 3. The number of rotatable bonds is 9. The van der Waals surface area contributed by atoms with Crippen molar-refractivity contribution in [3.05, 3.63) is 89.0 Å². The first-order valence-electron chi connectivity index (χ1n) is 11.2. The van der Waals surface area contributed by atoms with Crippen LogP contribution in [0.4, 0.5) is 5.69 Å². The van der Waals surface area contributed by atoms with E-state index in [2.05, 4.69) is 11.2 Å². The molecule has 1 heterocycles. The van der Waals surface area contributed by atoms with Crippen molar-refractivity contribution >= 4 is 23.4 Å². The first-order chi connectivity index (χ1) is 17.0. The molecule has 0 spiro atoms. The van der Waals surface area contributed by atoms with Crippen LogP contribution >= 0.6 is 0 Å². The number of benzene rings is 3. The second kappa shape index (κ2) is 10.6. The molecule has 176 valence electrons. The van der Waals surface area contributed by atoms with Gasteiger partial charge in [-0.25, -0.2) is 4.90 Å². The van der Waals surface area contributed by atoms with E-state index in [1.807, 2.05) is 31.2 Å². The Bertz CT molecular complexity index is 1290. The van der Waals surface area contributed by atoms with Crippen molar-refractivity contribution in [1.29, 1.82) is 0 Å². The van der Waals surface area contributed by atoms with E-state index in [0.29, 0.717) is 42.3 Å². The van der Waals surface area contributed by atoms with Crippen LogP contribution in [-0.4, -0.2) is 37.5 Å². The van der Waals surface area contributed by atoms with E-state index in [9.17, 15) is 14.4 Å². The van der Waals surface area contributed by atoms with Crippen LogP contribution in [0.3, 0.4) is 0 Å². The molecule has 35 heavy (non-hydrogen) atoms. The van der Waals surface area contributed by atoms with Gasteiger partial charge in [0.25, 0.3) is 17.7 Å². The fraction of sp³-hybridized carbons (Fsp3) is 0.179. The van der Waals surface area contributed by atoms with Crippen molar-refractivity contribution in [2.75, 3.05) is 24.7 Å². The molecule has 4 rings (SSSR count). The zero-order valence-corrected chi connectivity index (χ0v) is 19.2. The lowest BCUT2D eigenvalue weighted by atomic mass is 10.1. The number of fused-ring (bicyclic) bond motifs is 1. The van der Waals surface area contributed by atoms with Crippen LogP contribution < -0.4 is 19.7 Å². The second-order valence-corrected chi connectivity index (χ2v) is 7.78. The normalized spacial score (nSPS) is 12.2. The second-order valence-electron chi connectivity index (χ2n) is 7.78. The average molecular weight is 469 g/mol. The van der Waals surface area contributed by atoms with Gasteiger partial charge in [-0.15, -0.1) is 6.42 Å². The van der Waals surface area contributed by atoms with E-state index in [-0.39, 0.29) is 23.6 Å². The Kier molecular flexibility index (Phi) is 7.12. The van der Waals surface area contributed by atoms with Crippen molar-refractivity contribution in [2.45, 2.75) is 13.3 Å². The van der Waals surface area contributed by atoms with E-state index in [1.165, 1.54) is 12.1 Å². The number of terminal acetylenes is 1. The molecule has 0 atom stereocenters. The Labute approximate surface area is 203 Å². The Hall–Kier alpha value is -4.57. The summed E-state index contributed by atoms with van der Waals surface area (Å²) in [5, 5.41) is 2.85. The van der Waals surface area contributed by atoms with Crippen LogP contribution in [0.15, 0.2) is 66.7 Å². The molecular weight excluding hydrogens is 444 g/mol. The summed E-state index contributed by atoms with van der Waals surface area (Å²) < 4.78 is 10.8. The zero-order valence-electron chi connectivity index (χ0n) is 19.2. The van der Waals surface area contributed by atoms with Crippen molar-refractivity contribution in [3.8, 4) is 23.8 Å². The standard InChI is InChI=1S/C28H24N2O5/c1-3-17-35-23-10-5-19(6-11-23)15-16-29-26(31)20-7-14-24-25(18-20)28(33)30(27(24)32)21-8-12-22(13-9-21)34-4-2/h1,5-14,18H,4,15-17H2,2H3,(H,29,31). The summed E-state index contributed by atoms with van der Waals surface area (Å²) in [6, 6.07) is 18.8. The van der Waals surface area contributed by atoms with Gasteiger partial charge in [0.05, 0.1) is 23.4 Å². The molecule has 0 aromatic heterocycles. The highest BCUT2D eigenvalue weighted by molar-refractivity contribution is 6.34. The number of nitrogens with one attached hydrogen (secondary N) is 1. The summed E-state index contributed by atoms with van der Waals surface area (Å²) >= 11 is 0. The molecule has 1 aliphatic rings. The number of nitrogens with zero attached hydrogens (tertiary/aromatic N) is 1. The summed E-state index contributed by atoms with van der Waals surface area (Å²) in [5.74, 6) is 2.55. The van der Waals surface area contributed by atoms with Crippen LogP contribution in [0.5, 0.6) is 11.5 Å². The van der Waals surface area contributed by atoms with Crippen LogP contribution in [-0.2, 0) is 6.42 Å². The third kappa shape index (κ3) is 5.17. The molecule has 1 N–H and O–H groups in total. The third-order valence-electron chi connectivity index (χ3n) is 5.50. The zero-order chi connectivity index (χ0) is 24.8. The topological polar surface area (TPSA) is 84.9 Å². The average Bonchev–Trinajstić information content (AvgIpc) is 3.13. The maximum atomic E-state index is 13.0. The molecule has 1 aliphatic heterocycles. The fourth-order valence-electron chi connectivity index (χ4n) is 3.77. The van der Waals surface area contributed by atoms with Crippen LogP contribution in [0.25, 0.3) is 0 Å². The van der Waals surface area contributed by atoms with E-state index in [1.54, 1.807) is 30.3 Å². The third-order valence-corrected chi connectivity index (χ3v) is 5.50. The van der Waals surface area contributed by atoms with E-state index >= 15 is 0 Å². The summed E-state index contributed by atoms with van der Waals surface area (Å²) in [5.41, 5.74) is 2.27. The Morgan fingerprint density at radius 2 is 1.57 bits per heavy atom. The van der Waals surface area contributed by atoms with Gasteiger partial charge in [0, 0.05) is 12.1 Å². The summed E-state index contributed by atoms with van der Waals surface area (Å²) in [6.07, 6.45) is 5.80. The lowest BCUT2D eigenvalue weighted by Crippen LogP contribution is -2.29. The molecule has 0 aliphatic carbocycles. The number of hydrogen-bond donors (Lipinski definition) is 1. The molecular formula is C28H24N2O5. The predicted octanol–water partition coefficient (Wildman–Crippen LogP) is 3.87. The molecule has 0 unspecified atom stereocenters. The SMILES string of the molecule is C#CCOc1ccc(CCNC(=O)c2ccc3c(c2)C(=O)N(c2ccc(OCC)cc2)C3=O)cc1. The highest BCUT2D eigenvalue weighted by atomic mass is 16.5. The van der Waals surface area contributed by atoms with E-state index < -0.39 is 11.8 Å². The first kappa shape index (κ1) is 23.6. The quantitative estimate of drug-likeness (QED) is 0.381. The maximum absolute atomic E-state index is 13.0. The van der Waals surface area contributed by atoms with Gasteiger partial charge in [-0.2, -0.15) is 0 Å². The number of hydrogen-bond acceptors (Lipinski definition) is 5. The number of imide groups is 1. The Morgan fingerprint density at radius 1 is 0.914 bits per heavy atom. The van der Waals surface area contributed by atoms with Gasteiger partial charge < -0.3 is 14.8 Å². The summed E-state index contributed by atoms with van der Waals surface area (Å²) in [6.45, 7) is 3.01. The Balaban J connectivity index is 1.39. The molecule has 0 saturated carbocycles. The number of anilines is 1. The smallest absolute Gasteiger partial charge is 0.266 e. The van der Waals surface area contributed by atoms with Crippen molar-refractivity contribution in [2.24, 2.45) is 0 Å². The molecule has 3 aromatic carbocycles. The minimum Gasteiger partial charge on any atom is -0.494 e. The minimum absolute atomic E-state index is 0.207. The van der Waals surface area contributed by atoms with Crippen molar-refractivity contribution < 1.29 is 23.9 Å². The maximum Gasteiger partial charge on any atom is 0.266 e. The van der Waals surface area contributed by atoms with Gasteiger partial charge in [0.15, 0.2) is 0 Å². The van der Waals surface area contributed by atoms with Gasteiger partial charge in [0.1, 0.15) is 18.1 Å². The molecule has 3 amide bonds. The van der Waals surface area contributed by atoms with Gasteiger partial charge in [-0.05, 0) is 73.5 Å². The van der Waals surface area contributed by atoms with E-state index in [4.69, 9.17) is 15.9 Å². The molecule has 3 aromatic rings. The lowest BCUT2D eigenvalue weighted by Gasteiger charge is -2.14. The molecule has 0 radical (unpaired) electrons. The molecule has 0 saturated heterocycles. The predicted molar refractivity (Wildman–Crippen MR) is 132 cm³/mol. The monoisotopic (exact) mass is 468 g/mol. The summed E-state index contributed by atoms with van der Waals surface area (Å²) in [4.78, 5) is 39.7. The van der Waals surface area contributed by atoms with E-state index in [0.717, 1.165) is 10.5 Å². The molecule has 7 nitrogen and oxygen atoms in total. The Morgan fingerprint density at radius 3 is 2.26 bits per heavy atom. The van der Waals surface area contributed by atoms with Crippen LogP contribution in [0.1, 0.15) is 43.6 Å². The first-order valence-corrected chi connectivity index (χ1v) is 11.2. The lowest BCUT2D eigenvalue weighted by molar-refractivity contribution is 0.0923. The van der Waals surface area contributed by atoms with Crippen molar-refractivity contribution in [1.82, 2.24) is 5.32 Å². The van der Waals surface area contributed by atoms with Gasteiger partial charge >= 0.3 is 0 Å². The minimum atomic E-state index is -0.462. The summed E-state index contributed by atoms with van der Waals surface area (Å²) in [7, 11) is 0. The number of ether oxygens (including phenoxy) is 2. The van der Waals surface area contributed by atoms with Gasteiger partial charge in [-0.3, -0.25) is 14.4 Å². The highest BCUT2D eigenvalue weighted by Crippen LogP contribution is 2.30. The largest absolute Gasteiger partial charge is 0.494 e. The van der Waals surface area contributed by atoms with Gasteiger partial charge in [-0.1, -0.05) is 18.1 Å². The highest BCUT2D eigenvalue weighted by Gasteiger charge is 2.37. The molecule has 0 bridgehead atoms. The molecule has 0 fully saturated rings. The number of amides is 3. The van der Waals surface area contributed by atoms with Crippen LogP contribution in [0.2, 0.25) is 0 Å². The number of carbonyl (C=O) groups is 3. The van der Waals surface area contributed by atoms with Gasteiger partial charge in [0.2, 0.25) is 0 Å². The fourth-order valence-corrected chi connectivity index (χ4v) is 3.77. The van der Waals surface area contributed by atoms with Crippen molar-refractivity contribution in [3.63, 3.8) is 0 Å².